The van der Waals surface area contributed by atoms with Crippen molar-refractivity contribution in [2.45, 2.75) is 19.3 Å². The van der Waals surface area contributed by atoms with Crippen molar-refractivity contribution in [3.63, 3.8) is 0 Å². The highest BCUT2D eigenvalue weighted by atomic mass is 32.1. The number of para-hydroxylation sites is 1. The second-order valence-corrected chi connectivity index (χ2v) is 8.46. The Morgan fingerprint density at radius 3 is 2.12 bits per heavy atom. The summed E-state index contributed by atoms with van der Waals surface area (Å²) >= 11 is 5.41. The number of carbonyl (C=O) groups excluding carboxylic acids is 2. The Kier molecular flexibility index (Phi) is 6.88. The number of hydrogen-bond donors (Lipinski definition) is 2. The summed E-state index contributed by atoms with van der Waals surface area (Å²) in [6.07, 6.45) is 2.76. The number of aliphatic hydroxyl groups excluding tert-OH is 2. The van der Waals surface area contributed by atoms with Gasteiger partial charge in [-0.05, 0) is 55.2 Å². The number of rotatable bonds is 9. The molecule has 0 unspecified atom stereocenters. The number of carbonyl (C=O) groups is 2. The third-order valence-electron chi connectivity index (χ3n) is 6.07. The molecule has 1 aliphatic rings. The van der Waals surface area contributed by atoms with Crippen molar-refractivity contribution in [2.75, 3.05) is 26.3 Å². The van der Waals surface area contributed by atoms with Gasteiger partial charge in [-0.2, -0.15) is 0 Å². The quantitative estimate of drug-likeness (QED) is 0.375. The number of thiocarbonyl (C=S) groups is 1. The molecule has 2 amide bonds. The van der Waals surface area contributed by atoms with Gasteiger partial charge in [-0.1, -0.05) is 30.8 Å². The lowest BCUT2D eigenvalue weighted by Crippen LogP contribution is -2.60. The van der Waals surface area contributed by atoms with E-state index >= 15 is 0 Å². The highest BCUT2D eigenvalue weighted by Crippen LogP contribution is 2.31. The maximum absolute atomic E-state index is 13.2. The molecule has 2 aromatic carbocycles. The summed E-state index contributed by atoms with van der Waals surface area (Å²) < 4.78 is 2.02. The molecule has 1 aliphatic heterocycles. The summed E-state index contributed by atoms with van der Waals surface area (Å²) in [5.74, 6) is -1.58. The minimum atomic E-state index is -0.903. The maximum Gasteiger partial charge on any atom is 0.241 e. The number of aromatic nitrogens is 1. The van der Waals surface area contributed by atoms with Crippen LogP contribution in [0.25, 0.3) is 28.0 Å². The van der Waals surface area contributed by atoms with Gasteiger partial charge >= 0.3 is 0 Å². The lowest BCUT2D eigenvalue weighted by molar-refractivity contribution is -0.147. The topological polar surface area (TPSA) is 86.0 Å². The zero-order valence-corrected chi connectivity index (χ0v) is 19.1. The smallest absolute Gasteiger partial charge is 0.241 e. The second-order valence-electron chi connectivity index (χ2n) is 8.09. The number of fused-ring (bicyclic) bond motifs is 3. The molecule has 3 aromatic rings. The van der Waals surface area contributed by atoms with Crippen LogP contribution >= 0.6 is 12.2 Å². The van der Waals surface area contributed by atoms with Crippen molar-refractivity contribution >= 4 is 57.2 Å². The fourth-order valence-electron chi connectivity index (χ4n) is 4.47. The van der Waals surface area contributed by atoms with Crippen LogP contribution < -0.4 is 0 Å². The molecule has 172 valence electrons. The standard InChI is InChI=1S/C25H27N3O4S/c1-2-26-21-8-4-3-7-18(21)19-15-17(9-10-22(19)26)16-20-23(31)27(11-5-13-29)25(33)28(24(20)32)12-6-14-30/h2-4,7-10,15,20,29-30H,1,5-6,11-14,16H2. The Morgan fingerprint density at radius 1 is 0.909 bits per heavy atom. The van der Waals surface area contributed by atoms with Gasteiger partial charge < -0.3 is 14.8 Å². The number of nitrogens with zero attached hydrogens (tertiary/aromatic N) is 3. The van der Waals surface area contributed by atoms with Crippen LogP contribution in [0, 0.1) is 5.92 Å². The third kappa shape index (κ3) is 4.17. The highest BCUT2D eigenvalue weighted by Gasteiger charge is 2.43. The molecule has 8 heteroatoms. The molecule has 0 atom stereocenters. The zero-order chi connectivity index (χ0) is 23.5. The first-order valence-corrected chi connectivity index (χ1v) is 11.4. The predicted molar refractivity (Wildman–Crippen MR) is 132 cm³/mol. The van der Waals surface area contributed by atoms with E-state index in [9.17, 15) is 19.8 Å². The first-order valence-electron chi connectivity index (χ1n) is 11.0. The van der Waals surface area contributed by atoms with Gasteiger partial charge in [0.25, 0.3) is 0 Å². The second kappa shape index (κ2) is 9.82. The Balaban J connectivity index is 1.70. The van der Waals surface area contributed by atoms with E-state index in [1.165, 1.54) is 9.80 Å². The van der Waals surface area contributed by atoms with Crippen LogP contribution in [0.1, 0.15) is 18.4 Å². The Morgan fingerprint density at radius 2 is 1.52 bits per heavy atom. The fraction of sp³-hybridized carbons (Fsp3) is 0.320. The molecular formula is C25H27N3O4S. The fourth-order valence-corrected chi connectivity index (χ4v) is 4.83. The van der Waals surface area contributed by atoms with E-state index in [-0.39, 0.29) is 49.7 Å². The summed E-state index contributed by atoms with van der Waals surface area (Å²) in [5, 5.41) is 20.7. The number of hydrogen-bond acceptors (Lipinski definition) is 5. The van der Waals surface area contributed by atoms with E-state index in [1.807, 2.05) is 47.0 Å². The lowest BCUT2D eigenvalue weighted by Gasteiger charge is -2.39. The van der Waals surface area contributed by atoms with Crippen LogP contribution in [0.3, 0.4) is 0 Å². The van der Waals surface area contributed by atoms with Crippen LogP contribution in [-0.2, 0) is 16.0 Å². The van der Waals surface area contributed by atoms with Crippen LogP contribution in [0.15, 0.2) is 49.0 Å². The molecule has 7 nitrogen and oxygen atoms in total. The molecular weight excluding hydrogens is 438 g/mol. The summed E-state index contributed by atoms with van der Waals surface area (Å²) in [5.41, 5.74) is 2.92. The predicted octanol–water partition coefficient (Wildman–Crippen LogP) is 2.77. The van der Waals surface area contributed by atoms with Crippen LogP contribution in [-0.4, -0.2) is 67.8 Å². The average Bonchev–Trinajstić information content (AvgIpc) is 3.15. The SMILES string of the molecule is C=Cn1c2ccccc2c2cc(CC3C(=O)N(CCCO)C(=S)N(CCCO)C3=O)ccc21. The van der Waals surface area contributed by atoms with E-state index in [0.717, 1.165) is 27.4 Å². The van der Waals surface area contributed by atoms with Gasteiger partial charge in [-0.25, -0.2) is 0 Å². The minimum Gasteiger partial charge on any atom is -0.396 e. The van der Waals surface area contributed by atoms with Crippen LogP contribution in [0.5, 0.6) is 0 Å². The van der Waals surface area contributed by atoms with Crippen molar-refractivity contribution in [1.29, 1.82) is 0 Å². The third-order valence-corrected chi connectivity index (χ3v) is 6.51. The highest BCUT2D eigenvalue weighted by molar-refractivity contribution is 7.80. The molecule has 33 heavy (non-hydrogen) atoms. The van der Waals surface area contributed by atoms with Gasteiger partial charge in [0.2, 0.25) is 11.8 Å². The maximum atomic E-state index is 13.2. The Labute approximate surface area is 197 Å². The van der Waals surface area contributed by atoms with Crippen molar-refractivity contribution in [2.24, 2.45) is 5.92 Å². The molecule has 0 bridgehead atoms. The molecule has 4 rings (SSSR count). The molecule has 1 aromatic heterocycles. The largest absolute Gasteiger partial charge is 0.396 e. The van der Waals surface area contributed by atoms with Gasteiger partial charge in [-0.3, -0.25) is 19.4 Å². The zero-order valence-electron chi connectivity index (χ0n) is 18.3. The number of amides is 2. The van der Waals surface area contributed by atoms with Crippen LogP contribution in [0.4, 0.5) is 0 Å². The van der Waals surface area contributed by atoms with Crippen molar-refractivity contribution in [1.82, 2.24) is 14.4 Å². The van der Waals surface area contributed by atoms with Gasteiger partial charge in [0.15, 0.2) is 5.11 Å². The van der Waals surface area contributed by atoms with E-state index in [4.69, 9.17) is 12.2 Å². The Hall–Kier alpha value is -3.07. The molecule has 2 N–H and O–H groups in total. The van der Waals surface area contributed by atoms with E-state index in [1.54, 1.807) is 6.20 Å². The van der Waals surface area contributed by atoms with Gasteiger partial charge in [0.1, 0.15) is 5.92 Å². The van der Waals surface area contributed by atoms with E-state index in [0.29, 0.717) is 12.8 Å². The number of aliphatic hydroxyl groups is 2. The molecule has 1 fully saturated rings. The summed E-state index contributed by atoms with van der Waals surface area (Å²) in [6, 6.07) is 14.0. The molecule has 0 radical (unpaired) electrons. The molecule has 1 saturated heterocycles. The van der Waals surface area contributed by atoms with Crippen LogP contribution in [0.2, 0.25) is 0 Å². The van der Waals surface area contributed by atoms with Crippen molar-refractivity contribution in [3.8, 4) is 0 Å². The molecule has 0 saturated carbocycles. The Bertz CT molecular complexity index is 1210. The van der Waals surface area contributed by atoms with E-state index in [2.05, 4.69) is 6.58 Å². The first kappa shape index (κ1) is 23.1. The summed E-state index contributed by atoms with van der Waals surface area (Å²) in [6.45, 7) is 4.27. The van der Waals surface area contributed by atoms with Crippen molar-refractivity contribution in [3.05, 3.63) is 54.6 Å². The van der Waals surface area contributed by atoms with Gasteiger partial charge in [0, 0.05) is 43.3 Å². The molecule has 2 heterocycles. The summed E-state index contributed by atoms with van der Waals surface area (Å²) in [4.78, 5) is 29.3. The number of benzene rings is 2. The monoisotopic (exact) mass is 465 g/mol. The minimum absolute atomic E-state index is 0.0777. The van der Waals surface area contributed by atoms with E-state index < -0.39 is 5.92 Å². The first-order chi connectivity index (χ1) is 16.0. The average molecular weight is 466 g/mol. The normalized spacial score (nSPS) is 15.3. The lowest BCUT2D eigenvalue weighted by atomic mass is 9.93. The molecule has 0 aliphatic carbocycles. The van der Waals surface area contributed by atoms with Crippen molar-refractivity contribution < 1.29 is 19.8 Å². The van der Waals surface area contributed by atoms with Gasteiger partial charge in [0.05, 0.1) is 11.0 Å². The summed E-state index contributed by atoms with van der Waals surface area (Å²) in [7, 11) is 0. The van der Waals surface area contributed by atoms with Gasteiger partial charge in [-0.15, -0.1) is 0 Å². The molecule has 0 spiro atoms.